The molecule has 422 valence electrons. The lowest BCUT2D eigenvalue weighted by Gasteiger charge is -2.18. The van der Waals surface area contributed by atoms with Gasteiger partial charge in [-0.3, -0.25) is 14.4 Å². The van der Waals surface area contributed by atoms with Gasteiger partial charge in [0.25, 0.3) is 0 Å². The minimum absolute atomic E-state index is 0.122. The third kappa shape index (κ3) is 60.0. The molecule has 0 aromatic carbocycles. The summed E-state index contributed by atoms with van der Waals surface area (Å²) in [5, 5.41) is 0. The largest absolute Gasteiger partial charge is 0.462 e. The summed E-state index contributed by atoms with van der Waals surface area (Å²) in [6.07, 6.45) is 88.5. The summed E-state index contributed by atoms with van der Waals surface area (Å²) in [6.45, 7) is 6.32. The molecule has 6 heteroatoms. The highest BCUT2D eigenvalue weighted by atomic mass is 16.6. The summed E-state index contributed by atoms with van der Waals surface area (Å²) in [7, 11) is 0. The van der Waals surface area contributed by atoms with Crippen molar-refractivity contribution < 1.29 is 28.6 Å². The Morgan fingerprint density at radius 3 is 0.920 bits per heavy atom. The first kappa shape index (κ1) is 70.3. The first-order chi connectivity index (χ1) is 37.0. The molecule has 0 aromatic rings. The molecular formula is C69H110O6. The summed E-state index contributed by atoms with van der Waals surface area (Å²) in [5.41, 5.74) is 0. The number of carbonyl (C=O) groups excluding carboxylic acids is 3. The number of hydrogen-bond acceptors (Lipinski definition) is 6. The van der Waals surface area contributed by atoms with Crippen molar-refractivity contribution in [3.05, 3.63) is 146 Å². The Hall–Kier alpha value is -4.71. The summed E-state index contributed by atoms with van der Waals surface area (Å²) >= 11 is 0. The van der Waals surface area contributed by atoms with Crippen LogP contribution in [-0.4, -0.2) is 37.2 Å². The average Bonchev–Trinajstić information content (AvgIpc) is 3.41. The van der Waals surface area contributed by atoms with E-state index in [4.69, 9.17) is 14.2 Å². The Labute approximate surface area is 461 Å². The lowest BCUT2D eigenvalue weighted by molar-refractivity contribution is -0.166. The van der Waals surface area contributed by atoms with Crippen LogP contribution in [0.25, 0.3) is 0 Å². The summed E-state index contributed by atoms with van der Waals surface area (Å²) < 4.78 is 16.8. The van der Waals surface area contributed by atoms with Crippen LogP contribution in [-0.2, 0) is 28.6 Å². The fourth-order valence-corrected chi connectivity index (χ4v) is 7.84. The highest BCUT2D eigenvalue weighted by Gasteiger charge is 2.19. The highest BCUT2D eigenvalue weighted by molar-refractivity contribution is 5.71. The van der Waals surface area contributed by atoms with Crippen molar-refractivity contribution in [2.45, 2.75) is 258 Å². The van der Waals surface area contributed by atoms with Gasteiger partial charge < -0.3 is 14.2 Å². The fraction of sp³-hybridized carbons (Fsp3) is 0.609. The van der Waals surface area contributed by atoms with Crippen molar-refractivity contribution in [1.29, 1.82) is 0 Å². The monoisotopic (exact) mass is 1030 g/mol. The van der Waals surface area contributed by atoms with Crippen LogP contribution in [0.5, 0.6) is 0 Å². The predicted octanol–water partition coefficient (Wildman–Crippen LogP) is 20.8. The molecule has 1 unspecified atom stereocenters. The van der Waals surface area contributed by atoms with Crippen molar-refractivity contribution in [3.63, 3.8) is 0 Å². The zero-order valence-electron chi connectivity index (χ0n) is 48.3. The number of allylic oxidation sites excluding steroid dienone is 24. The standard InChI is InChI=1S/C69H110O6/c1-4-7-10-13-16-19-22-25-28-31-34-37-40-43-46-49-52-55-58-61-67(70)73-64-66(75-69(72)63-60-57-54-51-48-45-42-39-36-33-30-27-24-21-18-15-12-9-6-3)65-74-68(71)62-59-56-53-50-47-44-41-38-35-32-29-26-23-20-17-14-11-8-5-2/h7,9-10,12,16,18-19,21,25,27-28,30,32,34-37,39,43,45-46,48,52,55,66H,4-6,8,11,13-15,17,20,22-24,26,29,31,33,38,40-42,44,47,49-51,53-54,56-65H2,1-3H3/b10-7-,12-9-,19-16-,21-18-,28-25-,30-27-,35-32-,37-34-,39-36-,46-43-,48-45-,55-52-. The highest BCUT2D eigenvalue weighted by Crippen LogP contribution is 2.14. The number of hydrogen-bond donors (Lipinski definition) is 0. The molecule has 0 saturated carbocycles. The van der Waals surface area contributed by atoms with Crippen LogP contribution in [0.15, 0.2) is 146 Å². The van der Waals surface area contributed by atoms with Gasteiger partial charge in [-0.1, -0.05) is 250 Å². The van der Waals surface area contributed by atoms with Crippen molar-refractivity contribution in [1.82, 2.24) is 0 Å². The molecule has 0 amide bonds. The molecule has 1 atom stereocenters. The molecule has 0 heterocycles. The third-order valence-corrected chi connectivity index (χ3v) is 12.3. The summed E-state index contributed by atoms with van der Waals surface area (Å²) in [4.78, 5) is 38.2. The van der Waals surface area contributed by atoms with Gasteiger partial charge in [0.15, 0.2) is 6.10 Å². The van der Waals surface area contributed by atoms with Crippen molar-refractivity contribution in [2.24, 2.45) is 0 Å². The van der Waals surface area contributed by atoms with Gasteiger partial charge in [-0.25, -0.2) is 0 Å². The van der Waals surface area contributed by atoms with Crippen LogP contribution in [0.3, 0.4) is 0 Å². The maximum Gasteiger partial charge on any atom is 0.306 e. The van der Waals surface area contributed by atoms with Gasteiger partial charge in [0, 0.05) is 19.3 Å². The van der Waals surface area contributed by atoms with Crippen LogP contribution in [0.4, 0.5) is 0 Å². The molecular weight excluding hydrogens is 925 g/mol. The van der Waals surface area contributed by atoms with E-state index in [2.05, 4.69) is 154 Å². The molecule has 0 fully saturated rings. The van der Waals surface area contributed by atoms with E-state index in [9.17, 15) is 14.4 Å². The fourth-order valence-electron chi connectivity index (χ4n) is 7.84. The van der Waals surface area contributed by atoms with Crippen LogP contribution in [0.1, 0.15) is 252 Å². The molecule has 0 saturated heterocycles. The Morgan fingerprint density at radius 2 is 0.547 bits per heavy atom. The Kier molecular flexibility index (Phi) is 58.0. The van der Waals surface area contributed by atoms with Gasteiger partial charge in [-0.15, -0.1) is 0 Å². The maximum absolute atomic E-state index is 12.9. The molecule has 0 spiro atoms. The van der Waals surface area contributed by atoms with Gasteiger partial charge in [-0.05, 0) is 128 Å². The molecule has 0 aliphatic carbocycles. The Bertz CT molecular complexity index is 1660. The smallest absolute Gasteiger partial charge is 0.306 e. The zero-order chi connectivity index (χ0) is 54.3. The number of rotatable bonds is 53. The van der Waals surface area contributed by atoms with Gasteiger partial charge >= 0.3 is 17.9 Å². The van der Waals surface area contributed by atoms with Crippen LogP contribution in [0.2, 0.25) is 0 Å². The predicted molar refractivity (Wildman–Crippen MR) is 325 cm³/mol. The van der Waals surface area contributed by atoms with Crippen LogP contribution in [0, 0.1) is 0 Å². The third-order valence-electron chi connectivity index (χ3n) is 12.3. The molecule has 0 rings (SSSR count). The SMILES string of the molecule is CC/C=C\C/C=C\C/C=C\C/C=C\C/C=C\C/C=C\CCC(=O)OCC(COC(=O)CCCCCCCCC/C=C\CCCCCCCCCC)OC(=O)CCCCC/C=C\C/C=C\C/C=C\C/C=C\C/C=C\CC. The first-order valence-electron chi connectivity index (χ1n) is 30.3. The number of unbranched alkanes of at least 4 members (excludes halogenated alkanes) is 18. The van der Waals surface area contributed by atoms with Crippen LogP contribution >= 0.6 is 0 Å². The second-order valence-electron chi connectivity index (χ2n) is 19.5. The van der Waals surface area contributed by atoms with Crippen molar-refractivity contribution in [2.75, 3.05) is 13.2 Å². The minimum atomic E-state index is -0.836. The lowest BCUT2D eigenvalue weighted by Crippen LogP contribution is -2.30. The van der Waals surface area contributed by atoms with Crippen molar-refractivity contribution in [3.8, 4) is 0 Å². The zero-order valence-corrected chi connectivity index (χ0v) is 48.3. The first-order valence-corrected chi connectivity index (χ1v) is 30.3. The summed E-state index contributed by atoms with van der Waals surface area (Å²) in [5.74, 6) is -1.05. The van der Waals surface area contributed by atoms with Gasteiger partial charge in [-0.2, -0.15) is 0 Å². The van der Waals surface area contributed by atoms with Crippen molar-refractivity contribution >= 4 is 17.9 Å². The molecule has 0 aromatic heterocycles. The average molecular weight is 1040 g/mol. The van der Waals surface area contributed by atoms with Gasteiger partial charge in [0.05, 0.1) is 0 Å². The maximum atomic E-state index is 12.9. The second-order valence-corrected chi connectivity index (χ2v) is 19.5. The number of carbonyl (C=O) groups is 3. The van der Waals surface area contributed by atoms with Gasteiger partial charge in [0.1, 0.15) is 13.2 Å². The number of esters is 3. The van der Waals surface area contributed by atoms with E-state index in [1.807, 2.05) is 12.2 Å². The number of ether oxygens (including phenoxy) is 3. The topological polar surface area (TPSA) is 78.9 Å². The minimum Gasteiger partial charge on any atom is -0.462 e. The van der Waals surface area contributed by atoms with Gasteiger partial charge in [0.2, 0.25) is 0 Å². The van der Waals surface area contributed by atoms with E-state index >= 15 is 0 Å². The second kappa shape index (κ2) is 61.8. The van der Waals surface area contributed by atoms with E-state index in [0.717, 1.165) is 109 Å². The van der Waals surface area contributed by atoms with E-state index < -0.39 is 6.10 Å². The summed E-state index contributed by atoms with van der Waals surface area (Å²) in [6, 6.07) is 0. The molecule has 0 radical (unpaired) electrons. The molecule has 0 aliphatic rings. The molecule has 0 aliphatic heterocycles. The van der Waals surface area contributed by atoms with E-state index in [1.54, 1.807) is 0 Å². The molecule has 6 nitrogen and oxygen atoms in total. The van der Waals surface area contributed by atoms with Crippen LogP contribution < -0.4 is 0 Å². The van der Waals surface area contributed by atoms with E-state index in [0.29, 0.717) is 19.3 Å². The normalized spacial score (nSPS) is 13.2. The quantitative estimate of drug-likeness (QED) is 0.0261. The lowest BCUT2D eigenvalue weighted by atomic mass is 10.1. The molecule has 0 bridgehead atoms. The molecule has 0 N–H and O–H groups in total. The Balaban J connectivity index is 4.58. The molecule has 75 heavy (non-hydrogen) atoms. The van der Waals surface area contributed by atoms with E-state index in [1.165, 1.54) is 89.9 Å². The Morgan fingerprint density at radius 1 is 0.280 bits per heavy atom. The van der Waals surface area contributed by atoms with E-state index in [-0.39, 0.29) is 44.0 Å².